The van der Waals surface area contributed by atoms with Crippen LogP contribution in [0.4, 0.5) is 0 Å². The molecule has 31 heavy (non-hydrogen) atoms. The topological polar surface area (TPSA) is 145 Å². The van der Waals surface area contributed by atoms with Crippen LogP contribution in [-0.2, 0) is 14.3 Å². The molecular weight excluding hydrogens is 404 g/mol. The van der Waals surface area contributed by atoms with Crippen LogP contribution < -0.4 is 0 Å². The highest BCUT2D eigenvalue weighted by molar-refractivity contribution is 5.73. The summed E-state index contributed by atoms with van der Waals surface area (Å²) in [7, 11) is 0. The van der Waals surface area contributed by atoms with Crippen molar-refractivity contribution in [3.8, 4) is 0 Å². The summed E-state index contributed by atoms with van der Waals surface area (Å²) in [5.74, 6) is -2.27. The van der Waals surface area contributed by atoms with Crippen molar-refractivity contribution in [2.45, 2.75) is 83.4 Å². The van der Waals surface area contributed by atoms with E-state index in [9.17, 15) is 30.0 Å². The van der Waals surface area contributed by atoms with E-state index in [4.69, 9.17) is 9.84 Å². The first-order valence-electron chi connectivity index (χ1n) is 11.0. The molecular formula is C23H36O8. The molecule has 0 aromatic carbocycles. The van der Waals surface area contributed by atoms with E-state index in [1.807, 2.05) is 19.1 Å². The number of allylic oxidation sites excluding steroid dienone is 2. The maximum atomic E-state index is 12.5. The van der Waals surface area contributed by atoms with Crippen molar-refractivity contribution in [3.05, 3.63) is 23.8 Å². The first kappa shape index (κ1) is 25.5. The van der Waals surface area contributed by atoms with E-state index in [0.29, 0.717) is 12.8 Å². The van der Waals surface area contributed by atoms with Gasteiger partial charge in [-0.05, 0) is 50.5 Å². The summed E-state index contributed by atoms with van der Waals surface area (Å²) < 4.78 is 5.75. The van der Waals surface area contributed by atoms with Crippen LogP contribution >= 0.6 is 0 Å². The molecule has 2 rings (SSSR count). The van der Waals surface area contributed by atoms with E-state index >= 15 is 0 Å². The Morgan fingerprint density at radius 2 is 1.87 bits per heavy atom. The molecule has 5 N–H and O–H groups in total. The summed E-state index contributed by atoms with van der Waals surface area (Å²) in [5, 5.41) is 48.8. The molecule has 0 saturated heterocycles. The third-order valence-corrected chi connectivity index (χ3v) is 6.52. The number of aliphatic hydroxyl groups is 4. The molecule has 0 heterocycles. The molecule has 0 aliphatic heterocycles. The Kier molecular flexibility index (Phi) is 9.24. The van der Waals surface area contributed by atoms with Gasteiger partial charge in [-0.2, -0.15) is 0 Å². The molecule has 0 radical (unpaired) electrons. The lowest BCUT2D eigenvalue weighted by molar-refractivity contribution is -0.162. The van der Waals surface area contributed by atoms with Gasteiger partial charge in [-0.25, -0.2) is 0 Å². The molecule has 0 aromatic heterocycles. The summed E-state index contributed by atoms with van der Waals surface area (Å²) in [6, 6.07) is 0. The smallest absolute Gasteiger partial charge is 0.311 e. The number of hydrogen-bond donors (Lipinski definition) is 5. The van der Waals surface area contributed by atoms with E-state index in [2.05, 4.69) is 0 Å². The molecule has 176 valence electrons. The van der Waals surface area contributed by atoms with E-state index < -0.39 is 54.8 Å². The summed E-state index contributed by atoms with van der Waals surface area (Å²) in [6.07, 6.45) is 2.49. The minimum absolute atomic E-state index is 0.0143. The molecule has 2 aliphatic carbocycles. The molecule has 9 atom stereocenters. The molecule has 0 amide bonds. The molecule has 0 saturated carbocycles. The number of carboxylic acids is 1. The van der Waals surface area contributed by atoms with Crippen LogP contribution in [0.5, 0.6) is 0 Å². The highest BCUT2D eigenvalue weighted by atomic mass is 16.5. The van der Waals surface area contributed by atoms with Crippen molar-refractivity contribution >= 4 is 11.9 Å². The van der Waals surface area contributed by atoms with Crippen molar-refractivity contribution < 1.29 is 39.9 Å². The summed E-state index contributed by atoms with van der Waals surface area (Å²) in [4.78, 5) is 23.2. The number of carbonyl (C=O) groups is 2. The zero-order valence-electron chi connectivity index (χ0n) is 18.4. The minimum atomic E-state index is -1.11. The van der Waals surface area contributed by atoms with Gasteiger partial charge in [0.2, 0.25) is 0 Å². The lowest BCUT2D eigenvalue weighted by Gasteiger charge is -2.43. The molecule has 0 bridgehead atoms. The van der Waals surface area contributed by atoms with Gasteiger partial charge in [0.25, 0.3) is 0 Å². The molecule has 0 aromatic rings. The number of carbonyl (C=O) groups excluding carboxylic acids is 1. The Labute approximate surface area is 183 Å². The SMILES string of the molecule is C[C@H](O)[C@H](C)C(=O)O[C@H]1C[C@H](O)C=C2C=C[C@H](C)[C@H](CC[C@@H](O)C[C@@H](O)CC(=O)O)[C@H]21. The summed E-state index contributed by atoms with van der Waals surface area (Å²) >= 11 is 0. The van der Waals surface area contributed by atoms with Gasteiger partial charge >= 0.3 is 11.9 Å². The van der Waals surface area contributed by atoms with Crippen molar-refractivity contribution in [1.29, 1.82) is 0 Å². The second-order valence-electron chi connectivity index (χ2n) is 9.10. The fourth-order valence-corrected chi connectivity index (χ4v) is 4.54. The van der Waals surface area contributed by atoms with Crippen LogP contribution in [0.3, 0.4) is 0 Å². The molecule has 0 spiro atoms. The number of rotatable bonds is 10. The fourth-order valence-electron chi connectivity index (χ4n) is 4.54. The highest BCUT2D eigenvalue weighted by Crippen LogP contribution is 2.44. The van der Waals surface area contributed by atoms with Gasteiger partial charge in [-0.1, -0.05) is 25.2 Å². The standard InChI is InChI=1S/C23H36O8/c1-12-4-5-15-8-17(26)10-20(31-23(30)13(2)14(3)24)22(15)19(12)7-6-16(25)9-18(27)11-21(28)29/h4-5,8,12-14,16-20,22,24-27H,6-7,9-11H2,1-3H3,(H,28,29)/t12-,13-,14-,16+,17+,18+,19-,20-,22-/m0/s1. The van der Waals surface area contributed by atoms with E-state index in [1.54, 1.807) is 13.0 Å². The maximum Gasteiger partial charge on any atom is 0.311 e. The number of carboxylic acid groups (broad SMARTS) is 1. The van der Waals surface area contributed by atoms with E-state index in [-0.39, 0.29) is 30.6 Å². The summed E-state index contributed by atoms with van der Waals surface area (Å²) in [6.45, 7) is 5.18. The summed E-state index contributed by atoms with van der Waals surface area (Å²) in [5.41, 5.74) is 0.893. The Morgan fingerprint density at radius 1 is 1.19 bits per heavy atom. The lowest BCUT2D eigenvalue weighted by atomic mass is 9.66. The van der Waals surface area contributed by atoms with Gasteiger partial charge in [-0.15, -0.1) is 0 Å². The number of fused-ring (bicyclic) bond motifs is 1. The number of hydrogen-bond acceptors (Lipinski definition) is 7. The average molecular weight is 441 g/mol. The zero-order chi connectivity index (χ0) is 23.3. The maximum absolute atomic E-state index is 12.5. The second-order valence-corrected chi connectivity index (χ2v) is 9.10. The highest BCUT2D eigenvalue weighted by Gasteiger charge is 2.42. The first-order valence-corrected chi connectivity index (χ1v) is 11.0. The number of esters is 1. The van der Waals surface area contributed by atoms with Crippen LogP contribution in [0.15, 0.2) is 23.8 Å². The van der Waals surface area contributed by atoms with Crippen molar-refractivity contribution in [2.75, 3.05) is 0 Å². The van der Waals surface area contributed by atoms with Gasteiger partial charge in [-0.3, -0.25) is 9.59 Å². The average Bonchev–Trinajstić information content (AvgIpc) is 2.65. The number of ether oxygens (including phenoxy) is 1. The molecule has 2 aliphatic rings. The fraction of sp³-hybridized carbons (Fsp3) is 0.739. The molecule has 0 unspecified atom stereocenters. The molecule has 8 heteroatoms. The zero-order valence-corrected chi connectivity index (χ0v) is 18.4. The van der Waals surface area contributed by atoms with Gasteiger partial charge in [0.1, 0.15) is 6.10 Å². The predicted octanol–water partition coefficient (Wildman–Crippen LogP) is 1.41. The largest absolute Gasteiger partial charge is 0.481 e. The first-order chi connectivity index (χ1) is 14.5. The number of aliphatic carboxylic acids is 1. The van der Waals surface area contributed by atoms with E-state index in [1.165, 1.54) is 6.92 Å². The normalized spacial score (nSPS) is 31.7. The predicted molar refractivity (Wildman–Crippen MR) is 113 cm³/mol. The van der Waals surface area contributed by atoms with Gasteiger partial charge in [0.05, 0.1) is 36.8 Å². The second kappa shape index (κ2) is 11.2. The van der Waals surface area contributed by atoms with Gasteiger partial charge < -0.3 is 30.3 Å². The van der Waals surface area contributed by atoms with Crippen LogP contribution in [-0.4, -0.2) is 68.0 Å². The minimum Gasteiger partial charge on any atom is -0.481 e. The molecule has 8 nitrogen and oxygen atoms in total. The van der Waals surface area contributed by atoms with Crippen LogP contribution in [0.1, 0.15) is 52.9 Å². The lowest BCUT2D eigenvalue weighted by Crippen LogP contribution is -2.43. The molecule has 0 fully saturated rings. The Bertz CT molecular complexity index is 685. The monoisotopic (exact) mass is 440 g/mol. The quantitative estimate of drug-likeness (QED) is 0.321. The van der Waals surface area contributed by atoms with Crippen LogP contribution in [0.25, 0.3) is 0 Å². The Hall–Kier alpha value is -1.74. The van der Waals surface area contributed by atoms with Gasteiger partial charge in [0.15, 0.2) is 0 Å². The Balaban J connectivity index is 2.10. The third-order valence-electron chi connectivity index (χ3n) is 6.52. The van der Waals surface area contributed by atoms with Crippen LogP contribution in [0, 0.1) is 23.7 Å². The van der Waals surface area contributed by atoms with Gasteiger partial charge in [0, 0.05) is 12.3 Å². The number of aliphatic hydroxyl groups excluding tert-OH is 4. The van der Waals surface area contributed by atoms with Crippen molar-refractivity contribution in [2.24, 2.45) is 23.7 Å². The van der Waals surface area contributed by atoms with E-state index in [0.717, 1.165) is 5.57 Å². The van der Waals surface area contributed by atoms with Crippen molar-refractivity contribution in [1.82, 2.24) is 0 Å². The third kappa shape index (κ3) is 7.14. The van der Waals surface area contributed by atoms with Crippen LogP contribution in [0.2, 0.25) is 0 Å². The Morgan fingerprint density at radius 3 is 2.48 bits per heavy atom. The van der Waals surface area contributed by atoms with Crippen molar-refractivity contribution in [3.63, 3.8) is 0 Å².